The van der Waals surface area contributed by atoms with Crippen molar-refractivity contribution in [2.45, 2.75) is 13.1 Å². The van der Waals surface area contributed by atoms with Crippen molar-refractivity contribution in [3.8, 4) is 0 Å². The summed E-state index contributed by atoms with van der Waals surface area (Å²) in [6.45, 7) is 1.27. The minimum atomic E-state index is -4.42. The van der Waals surface area contributed by atoms with Crippen LogP contribution in [0.4, 0.5) is 19.0 Å². The summed E-state index contributed by atoms with van der Waals surface area (Å²) in [5.74, 6) is -0.505. The zero-order valence-corrected chi connectivity index (χ0v) is 5.66. The molecule has 11 heavy (non-hydrogen) atoms. The number of nitrogens with zero attached hydrogens (tertiary/aromatic N) is 1. The molecule has 1 aromatic rings. The summed E-state index contributed by atoms with van der Waals surface area (Å²) in [6, 6.07) is 0. The Morgan fingerprint density at radius 1 is 1.45 bits per heavy atom. The fraction of sp³-hybridized carbons (Fsp3) is 0.400. The quantitative estimate of drug-likeness (QED) is 0.609. The van der Waals surface area contributed by atoms with Gasteiger partial charge in [0, 0.05) is 5.69 Å². The molecule has 62 valence electrons. The SMILES string of the molecule is Cc1[nH]nc(N)c1C(F)(F)F. The van der Waals surface area contributed by atoms with Gasteiger partial charge in [0.1, 0.15) is 5.56 Å². The van der Waals surface area contributed by atoms with Crippen LogP contribution in [0.2, 0.25) is 0 Å². The van der Waals surface area contributed by atoms with Gasteiger partial charge in [0.2, 0.25) is 0 Å². The third-order valence-electron chi connectivity index (χ3n) is 1.26. The maximum atomic E-state index is 12.0. The van der Waals surface area contributed by atoms with Crippen LogP contribution < -0.4 is 5.73 Å². The number of aryl methyl sites for hydroxylation is 1. The van der Waals surface area contributed by atoms with Crippen molar-refractivity contribution in [2.24, 2.45) is 0 Å². The highest BCUT2D eigenvalue weighted by Gasteiger charge is 2.36. The van der Waals surface area contributed by atoms with Crippen LogP contribution in [-0.2, 0) is 6.18 Å². The number of nitrogen functional groups attached to an aromatic ring is 1. The highest BCUT2D eigenvalue weighted by atomic mass is 19.4. The molecule has 1 rings (SSSR count). The topological polar surface area (TPSA) is 54.7 Å². The average Bonchev–Trinajstić information content (AvgIpc) is 2.08. The Hall–Kier alpha value is -1.20. The maximum absolute atomic E-state index is 12.0. The lowest BCUT2D eigenvalue weighted by Crippen LogP contribution is -2.08. The lowest BCUT2D eigenvalue weighted by atomic mass is 10.2. The molecule has 0 amide bonds. The normalized spacial score (nSPS) is 12.0. The zero-order chi connectivity index (χ0) is 8.65. The van der Waals surface area contributed by atoms with Gasteiger partial charge >= 0.3 is 6.18 Å². The smallest absolute Gasteiger partial charge is 0.382 e. The van der Waals surface area contributed by atoms with Gasteiger partial charge in [0.05, 0.1) is 0 Å². The molecule has 0 radical (unpaired) electrons. The number of H-pyrrole nitrogens is 1. The molecular weight excluding hydrogens is 159 g/mol. The van der Waals surface area contributed by atoms with Crippen LogP contribution in [0.3, 0.4) is 0 Å². The highest BCUT2D eigenvalue weighted by Crippen LogP contribution is 2.34. The van der Waals surface area contributed by atoms with Crippen molar-refractivity contribution in [3.05, 3.63) is 11.3 Å². The minimum Gasteiger partial charge on any atom is -0.382 e. The fourth-order valence-corrected chi connectivity index (χ4v) is 0.806. The summed E-state index contributed by atoms with van der Waals surface area (Å²) >= 11 is 0. The molecule has 3 nitrogen and oxygen atoms in total. The Morgan fingerprint density at radius 2 is 2.00 bits per heavy atom. The van der Waals surface area contributed by atoms with Gasteiger partial charge in [-0.25, -0.2) is 0 Å². The molecule has 0 aliphatic heterocycles. The first-order valence-electron chi connectivity index (χ1n) is 2.80. The summed E-state index contributed by atoms with van der Waals surface area (Å²) in [4.78, 5) is 0. The van der Waals surface area contributed by atoms with E-state index in [1.807, 2.05) is 0 Å². The Morgan fingerprint density at radius 3 is 2.18 bits per heavy atom. The van der Waals surface area contributed by atoms with Crippen LogP contribution in [-0.4, -0.2) is 10.2 Å². The largest absolute Gasteiger partial charge is 0.421 e. The second kappa shape index (κ2) is 2.14. The fourth-order valence-electron chi connectivity index (χ4n) is 0.806. The predicted molar refractivity (Wildman–Crippen MR) is 32.7 cm³/mol. The van der Waals surface area contributed by atoms with E-state index in [4.69, 9.17) is 5.73 Å². The van der Waals surface area contributed by atoms with E-state index in [1.54, 1.807) is 0 Å². The van der Waals surface area contributed by atoms with E-state index in [9.17, 15) is 13.2 Å². The van der Waals surface area contributed by atoms with Crippen LogP contribution in [0.1, 0.15) is 11.3 Å². The molecule has 3 N–H and O–H groups in total. The monoisotopic (exact) mass is 165 g/mol. The van der Waals surface area contributed by atoms with Crippen LogP contribution in [0.15, 0.2) is 0 Å². The van der Waals surface area contributed by atoms with Crippen molar-refractivity contribution < 1.29 is 13.2 Å². The van der Waals surface area contributed by atoms with Gasteiger partial charge < -0.3 is 5.73 Å². The lowest BCUT2D eigenvalue weighted by molar-refractivity contribution is -0.137. The third-order valence-corrected chi connectivity index (χ3v) is 1.26. The number of hydrogen-bond donors (Lipinski definition) is 2. The van der Waals surface area contributed by atoms with E-state index < -0.39 is 17.6 Å². The van der Waals surface area contributed by atoms with Crippen LogP contribution in [0, 0.1) is 6.92 Å². The summed E-state index contributed by atoms with van der Waals surface area (Å²) in [6.07, 6.45) is -4.42. The van der Waals surface area contributed by atoms with Gasteiger partial charge in [0.25, 0.3) is 0 Å². The molecule has 0 atom stereocenters. The Balaban J connectivity index is 3.21. The predicted octanol–water partition coefficient (Wildman–Crippen LogP) is 1.32. The zero-order valence-electron chi connectivity index (χ0n) is 5.66. The number of nitrogens with one attached hydrogen (secondary N) is 1. The van der Waals surface area contributed by atoms with Crippen molar-refractivity contribution >= 4 is 5.82 Å². The summed E-state index contributed by atoms with van der Waals surface area (Å²) in [5, 5.41) is 5.36. The van der Waals surface area contributed by atoms with E-state index >= 15 is 0 Å². The van der Waals surface area contributed by atoms with Gasteiger partial charge in [-0.1, -0.05) is 0 Å². The number of hydrogen-bond acceptors (Lipinski definition) is 2. The first-order valence-corrected chi connectivity index (χ1v) is 2.80. The Bertz CT molecular complexity index is 243. The first-order chi connectivity index (χ1) is 4.93. The van der Waals surface area contributed by atoms with Crippen molar-refractivity contribution in [3.63, 3.8) is 0 Å². The van der Waals surface area contributed by atoms with Gasteiger partial charge in [0.15, 0.2) is 5.82 Å². The average molecular weight is 165 g/mol. The molecule has 0 saturated carbocycles. The van der Waals surface area contributed by atoms with E-state index in [0.29, 0.717) is 0 Å². The molecule has 0 saturated heterocycles. The standard InChI is InChI=1S/C5H6F3N3/c1-2-3(5(6,7)8)4(9)11-10-2/h1H3,(H3,9,10,11). The molecule has 1 aromatic heterocycles. The lowest BCUT2D eigenvalue weighted by Gasteiger charge is -2.04. The number of aromatic nitrogens is 2. The van der Waals surface area contributed by atoms with Gasteiger partial charge in [-0.05, 0) is 6.92 Å². The number of anilines is 1. The number of aromatic amines is 1. The number of alkyl halides is 3. The summed E-state index contributed by atoms with van der Waals surface area (Å²) < 4.78 is 36.0. The molecular formula is C5H6F3N3. The molecule has 0 unspecified atom stereocenters. The maximum Gasteiger partial charge on any atom is 0.421 e. The number of halogens is 3. The Kier molecular flexibility index (Phi) is 1.54. The molecule has 0 spiro atoms. The molecule has 6 heteroatoms. The van der Waals surface area contributed by atoms with Crippen molar-refractivity contribution in [1.82, 2.24) is 10.2 Å². The van der Waals surface area contributed by atoms with Crippen molar-refractivity contribution in [2.75, 3.05) is 5.73 Å². The van der Waals surface area contributed by atoms with E-state index in [-0.39, 0.29) is 5.69 Å². The number of nitrogens with two attached hydrogens (primary N) is 1. The number of rotatable bonds is 0. The van der Waals surface area contributed by atoms with Gasteiger partial charge in [-0.2, -0.15) is 18.3 Å². The summed E-state index contributed by atoms with van der Waals surface area (Å²) in [5.41, 5.74) is 4.03. The minimum absolute atomic E-state index is 0.0602. The van der Waals surface area contributed by atoms with E-state index in [2.05, 4.69) is 10.2 Å². The van der Waals surface area contributed by atoms with Crippen LogP contribution in [0.25, 0.3) is 0 Å². The molecule has 0 aliphatic rings. The van der Waals surface area contributed by atoms with Crippen molar-refractivity contribution in [1.29, 1.82) is 0 Å². The van der Waals surface area contributed by atoms with E-state index in [0.717, 1.165) is 0 Å². The second-order valence-corrected chi connectivity index (χ2v) is 2.11. The van der Waals surface area contributed by atoms with E-state index in [1.165, 1.54) is 6.92 Å². The second-order valence-electron chi connectivity index (χ2n) is 2.11. The summed E-state index contributed by atoms with van der Waals surface area (Å²) in [7, 11) is 0. The molecule has 1 heterocycles. The van der Waals surface area contributed by atoms with Gasteiger partial charge in [-0.3, -0.25) is 5.10 Å². The molecule has 0 aliphatic carbocycles. The van der Waals surface area contributed by atoms with Crippen LogP contribution in [0.5, 0.6) is 0 Å². The first kappa shape index (κ1) is 7.90. The molecule has 0 fully saturated rings. The van der Waals surface area contributed by atoms with Gasteiger partial charge in [-0.15, -0.1) is 0 Å². The molecule has 0 bridgehead atoms. The molecule has 0 aromatic carbocycles. The third kappa shape index (κ3) is 1.28. The highest BCUT2D eigenvalue weighted by molar-refractivity contribution is 5.43. The Labute approximate surface area is 60.4 Å². The van der Waals surface area contributed by atoms with Crippen LogP contribution >= 0.6 is 0 Å².